The number of piperidine rings is 1. The zero-order valence-corrected chi connectivity index (χ0v) is 15.8. The average Bonchev–Trinajstić information content (AvgIpc) is 2.69. The number of ether oxygens (including phenoxy) is 4. The van der Waals surface area contributed by atoms with Gasteiger partial charge in [-0.3, -0.25) is 0 Å². The molecule has 0 amide bonds. The summed E-state index contributed by atoms with van der Waals surface area (Å²) in [6.45, 7) is 2.72. The van der Waals surface area contributed by atoms with Crippen molar-refractivity contribution < 1.29 is 18.9 Å². The van der Waals surface area contributed by atoms with Crippen LogP contribution >= 0.6 is 11.6 Å². The van der Waals surface area contributed by atoms with Gasteiger partial charge in [0.25, 0.3) is 0 Å². The van der Waals surface area contributed by atoms with Crippen molar-refractivity contribution in [1.29, 1.82) is 0 Å². The van der Waals surface area contributed by atoms with Crippen molar-refractivity contribution in [3.63, 3.8) is 0 Å². The third-order valence-corrected chi connectivity index (χ3v) is 4.61. The minimum atomic E-state index is 0.503. The maximum atomic E-state index is 6.06. The Kier molecular flexibility index (Phi) is 6.47. The molecule has 140 valence electrons. The van der Waals surface area contributed by atoms with Crippen LogP contribution in [0.2, 0.25) is 5.02 Å². The molecular weight excluding hydrogens is 354 g/mol. The molecule has 0 bridgehead atoms. The SMILES string of the molecule is COc1ccc(OC[C@H]2CCCNC2)c(Oc2ccc(Cl)cc2OC)c1. The number of hydrogen-bond acceptors (Lipinski definition) is 5. The largest absolute Gasteiger partial charge is 0.497 e. The molecule has 0 radical (unpaired) electrons. The van der Waals surface area contributed by atoms with E-state index in [1.54, 1.807) is 32.4 Å². The second kappa shape index (κ2) is 9.01. The van der Waals surface area contributed by atoms with Gasteiger partial charge in [-0.05, 0) is 43.7 Å². The van der Waals surface area contributed by atoms with Crippen molar-refractivity contribution in [2.45, 2.75) is 12.8 Å². The summed E-state index contributed by atoms with van der Waals surface area (Å²) in [5.41, 5.74) is 0. The highest BCUT2D eigenvalue weighted by atomic mass is 35.5. The quantitative estimate of drug-likeness (QED) is 0.768. The Balaban J connectivity index is 1.79. The maximum Gasteiger partial charge on any atom is 0.173 e. The molecule has 26 heavy (non-hydrogen) atoms. The molecular formula is C20H24ClNO4. The normalized spacial score (nSPS) is 16.8. The topological polar surface area (TPSA) is 49.0 Å². The lowest BCUT2D eigenvalue weighted by atomic mass is 10.0. The van der Waals surface area contributed by atoms with Gasteiger partial charge in [0, 0.05) is 29.6 Å². The third-order valence-electron chi connectivity index (χ3n) is 4.37. The van der Waals surface area contributed by atoms with Gasteiger partial charge in [0.1, 0.15) is 5.75 Å². The average molecular weight is 378 g/mol. The molecule has 0 spiro atoms. The molecule has 2 aromatic rings. The van der Waals surface area contributed by atoms with E-state index in [0.717, 1.165) is 13.1 Å². The summed E-state index contributed by atoms with van der Waals surface area (Å²) in [5.74, 6) is 3.57. The highest BCUT2D eigenvalue weighted by Crippen LogP contribution is 2.39. The fourth-order valence-corrected chi connectivity index (χ4v) is 3.09. The molecule has 5 nitrogen and oxygen atoms in total. The molecule has 1 fully saturated rings. The predicted octanol–water partition coefficient (Wildman–Crippen LogP) is 4.53. The molecule has 1 atom stereocenters. The van der Waals surface area contributed by atoms with Crippen molar-refractivity contribution in [2.24, 2.45) is 5.92 Å². The molecule has 1 aliphatic heterocycles. The molecule has 0 unspecified atom stereocenters. The fourth-order valence-electron chi connectivity index (χ4n) is 2.93. The Labute approximate surface area is 159 Å². The summed E-state index contributed by atoms with van der Waals surface area (Å²) in [6, 6.07) is 10.8. The lowest BCUT2D eigenvalue weighted by Gasteiger charge is -2.23. The van der Waals surface area contributed by atoms with Gasteiger partial charge in [-0.25, -0.2) is 0 Å². The minimum absolute atomic E-state index is 0.503. The van der Waals surface area contributed by atoms with Crippen LogP contribution in [0.1, 0.15) is 12.8 Å². The Hall–Kier alpha value is -2.11. The summed E-state index contributed by atoms with van der Waals surface area (Å²) in [4.78, 5) is 0. The standard InChI is InChI=1S/C20H24ClNO4/c1-23-16-6-8-17(25-13-14-4-3-9-22-12-14)20(11-16)26-18-7-5-15(21)10-19(18)24-2/h5-8,10-11,14,22H,3-4,9,12-13H2,1-2H3/t14-/m0/s1. The van der Waals surface area contributed by atoms with E-state index in [1.807, 2.05) is 18.2 Å². The number of methoxy groups -OCH3 is 2. The Bertz CT molecular complexity index is 732. The van der Waals surface area contributed by atoms with Crippen molar-refractivity contribution >= 4 is 11.6 Å². The third kappa shape index (κ3) is 4.74. The number of hydrogen-bond donors (Lipinski definition) is 1. The molecule has 0 aromatic heterocycles. The highest BCUT2D eigenvalue weighted by Gasteiger charge is 2.16. The summed E-state index contributed by atoms with van der Waals surface area (Å²) >= 11 is 6.03. The van der Waals surface area contributed by atoms with E-state index in [1.165, 1.54) is 12.8 Å². The van der Waals surface area contributed by atoms with Crippen LogP contribution in [-0.4, -0.2) is 33.9 Å². The second-order valence-corrected chi connectivity index (χ2v) is 6.67. The molecule has 0 aliphatic carbocycles. The Morgan fingerprint density at radius 1 is 1.00 bits per heavy atom. The minimum Gasteiger partial charge on any atom is -0.497 e. The zero-order valence-electron chi connectivity index (χ0n) is 15.1. The molecule has 6 heteroatoms. The van der Waals surface area contributed by atoms with Crippen LogP contribution in [0.25, 0.3) is 0 Å². The number of nitrogens with one attached hydrogen (secondary N) is 1. The van der Waals surface area contributed by atoms with E-state index in [0.29, 0.717) is 46.3 Å². The fraction of sp³-hybridized carbons (Fsp3) is 0.400. The van der Waals surface area contributed by atoms with Crippen molar-refractivity contribution in [3.05, 3.63) is 41.4 Å². The summed E-state index contributed by atoms with van der Waals surface area (Å²) in [5, 5.41) is 3.99. The molecule has 0 saturated carbocycles. The first-order valence-corrected chi connectivity index (χ1v) is 9.10. The van der Waals surface area contributed by atoms with Crippen LogP contribution < -0.4 is 24.3 Å². The van der Waals surface area contributed by atoms with Gasteiger partial charge in [0.15, 0.2) is 23.0 Å². The van der Waals surface area contributed by atoms with E-state index < -0.39 is 0 Å². The maximum absolute atomic E-state index is 6.06. The summed E-state index contributed by atoms with van der Waals surface area (Å²) < 4.78 is 22.8. The van der Waals surface area contributed by atoms with E-state index in [4.69, 9.17) is 30.5 Å². The number of halogens is 1. The van der Waals surface area contributed by atoms with Gasteiger partial charge in [0.2, 0.25) is 0 Å². The first-order chi connectivity index (χ1) is 12.7. The van der Waals surface area contributed by atoms with E-state index in [2.05, 4.69) is 5.32 Å². The van der Waals surface area contributed by atoms with Gasteiger partial charge in [0.05, 0.1) is 20.8 Å². The molecule has 3 rings (SSSR count). The van der Waals surface area contributed by atoms with Crippen molar-refractivity contribution in [3.8, 4) is 28.7 Å². The van der Waals surface area contributed by atoms with Crippen molar-refractivity contribution in [1.82, 2.24) is 5.32 Å². The lowest BCUT2D eigenvalue weighted by Crippen LogP contribution is -2.33. The van der Waals surface area contributed by atoms with Crippen LogP contribution in [0.15, 0.2) is 36.4 Å². The monoisotopic (exact) mass is 377 g/mol. The first-order valence-electron chi connectivity index (χ1n) is 8.72. The van der Waals surface area contributed by atoms with Gasteiger partial charge in [-0.15, -0.1) is 0 Å². The van der Waals surface area contributed by atoms with Crippen LogP contribution in [0.3, 0.4) is 0 Å². The summed E-state index contributed by atoms with van der Waals surface area (Å²) in [7, 11) is 3.20. The Morgan fingerprint density at radius 2 is 1.85 bits per heavy atom. The van der Waals surface area contributed by atoms with E-state index >= 15 is 0 Å². The first kappa shape index (κ1) is 18.7. The number of rotatable bonds is 7. The second-order valence-electron chi connectivity index (χ2n) is 6.23. The Morgan fingerprint density at radius 3 is 2.58 bits per heavy atom. The van der Waals surface area contributed by atoms with Crippen LogP contribution in [0.4, 0.5) is 0 Å². The molecule has 1 N–H and O–H groups in total. The van der Waals surface area contributed by atoms with Gasteiger partial charge >= 0.3 is 0 Å². The molecule has 1 heterocycles. The zero-order chi connectivity index (χ0) is 18.4. The molecule has 2 aromatic carbocycles. The van der Waals surface area contributed by atoms with Gasteiger partial charge in [-0.2, -0.15) is 0 Å². The molecule has 1 saturated heterocycles. The number of benzene rings is 2. The summed E-state index contributed by atoms with van der Waals surface area (Å²) in [6.07, 6.45) is 2.35. The highest BCUT2D eigenvalue weighted by molar-refractivity contribution is 6.30. The lowest BCUT2D eigenvalue weighted by molar-refractivity contribution is 0.212. The molecule has 1 aliphatic rings. The van der Waals surface area contributed by atoms with Gasteiger partial charge in [-0.1, -0.05) is 11.6 Å². The van der Waals surface area contributed by atoms with Crippen LogP contribution in [0.5, 0.6) is 28.7 Å². The van der Waals surface area contributed by atoms with E-state index in [-0.39, 0.29) is 0 Å². The predicted molar refractivity (Wildman–Crippen MR) is 102 cm³/mol. The van der Waals surface area contributed by atoms with Gasteiger partial charge < -0.3 is 24.3 Å². The van der Waals surface area contributed by atoms with E-state index in [9.17, 15) is 0 Å². The smallest absolute Gasteiger partial charge is 0.173 e. The van der Waals surface area contributed by atoms with Crippen LogP contribution in [-0.2, 0) is 0 Å². The van der Waals surface area contributed by atoms with Crippen LogP contribution in [0, 0.1) is 5.92 Å². The van der Waals surface area contributed by atoms with Crippen molar-refractivity contribution in [2.75, 3.05) is 33.9 Å².